The van der Waals surface area contributed by atoms with Gasteiger partial charge in [0, 0.05) is 44.3 Å². The standard InChI is InChI=1S/C24H31N3O3S/c28-24(21-9-3-1-4-10-21)27-16-14-26(15-17-27)19-20-8-7-11-22(18-20)25-31(29,30)23-12-5-2-6-13-23/h2,5-8,11-13,18,21,25H,1,3-4,9-10,14-17,19H2. The molecular formula is C24H31N3O3S. The van der Waals surface area contributed by atoms with Crippen LogP contribution in [0, 0.1) is 5.92 Å². The molecule has 1 amide bonds. The van der Waals surface area contributed by atoms with Crippen LogP contribution in [-0.4, -0.2) is 50.3 Å². The Labute approximate surface area is 185 Å². The van der Waals surface area contributed by atoms with Crippen molar-refractivity contribution in [2.75, 3.05) is 30.9 Å². The first-order valence-electron chi connectivity index (χ1n) is 11.2. The Morgan fingerprint density at radius 3 is 2.32 bits per heavy atom. The fraction of sp³-hybridized carbons (Fsp3) is 0.458. The van der Waals surface area contributed by atoms with E-state index in [0.29, 0.717) is 11.6 Å². The summed E-state index contributed by atoms with van der Waals surface area (Å²) in [6, 6.07) is 15.9. The van der Waals surface area contributed by atoms with Crippen molar-refractivity contribution in [2.45, 2.75) is 43.5 Å². The highest BCUT2D eigenvalue weighted by atomic mass is 32.2. The number of benzene rings is 2. The second-order valence-electron chi connectivity index (χ2n) is 8.56. The number of carbonyl (C=O) groups excluding carboxylic acids is 1. The first kappa shape index (κ1) is 21.8. The molecule has 2 aromatic carbocycles. The van der Waals surface area contributed by atoms with Crippen LogP contribution in [0.4, 0.5) is 5.69 Å². The average molecular weight is 442 g/mol. The van der Waals surface area contributed by atoms with Gasteiger partial charge in [-0.05, 0) is 42.7 Å². The number of rotatable bonds is 6. The van der Waals surface area contributed by atoms with Gasteiger partial charge in [-0.3, -0.25) is 14.4 Å². The summed E-state index contributed by atoms with van der Waals surface area (Å²) in [4.78, 5) is 17.4. The molecule has 0 atom stereocenters. The Morgan fingerprint density at radius 2 is 1.61 bits per heavy atom. The third kappa shape index (κ3) is 5.66. The lowest BCUT2D eigenvalue weighted by Crippen LogP contribution is -2.50. The van der Waals surface area contributed by atoms with Gasteiger partial charge in [0.2, 0.25) is 5.91 Å². The first-order chi connectivity index (χ1) is 15.0. The molecule has 1 aliphatic heterocycles. The molecular weight excluding hydrogens is 410 g/mol. The van der Waals surface area contributed by atoms with Gasteiger partial charge in [0.15, 0.2) is 0 Å². The monoisotopic (exact) mass is 441 g/mol. The lowest BCUT2D eigenvalue weighted by atomic mass is 9.88. The summed E-state index contributed by atoms with van der Waals surface area (Å²) in [6.07, 6.45) is 5.72. The number of carbonyl (C=O) groups is 1. The van der Waals surface area contributed by atoms with E-state index < -0.39 is 10.0 Å². The van der Waals surface area contributed by atoms with E-state index in [1.54, 1.807) is 36.4 Å². The molecule has 4 rings (SSSR count). The Kier molecular flexibility index (Phi) is 6.92. The zero-order valence-corrected chi connectivity index (χ0v) is 18.7. The minimum atomic E-state index is -3.60. The van der Waals surface area contributed by atoms with Crippen LogP contribution in [0.1, 0.15) is 37.7 Å². The van der Waals surface area contributed by atoms with E-state index in [9.17, 15) is 13.2 Å². The van der Waals surface area contributed by atoms with E-state index >= 15 is 0 Å². The Hall–Kier alpha value is -2.38. The van der Waals surface area contributed by atoms with E-state index in [2.05, 4.69) is 9.62 Å². The molecule has 1 aliphatic carbocycles. The summed E-state index contributed by atoms with van der Waals surface area (Å²) in [5.74, 6) is 0.575. The van der Waals surface area contributed by atoms with Crippen LogP contribution in [0.25, 0.3) is 0 Å². The topological polar surface area (TPSA) is 69.7 Å². The van der Waals surface area contributed by atoms with Crippen molar-refractivity contribution >= 4 is 21.6 Å². The molecule has 1 saturated carbocycles. The maximum Gasteiger partial charge on any atom is 0.261 e. The average Bonchev–Trinajstić information content (AvgIpc) is 2.80. The maximum atomic E-state index is 12.8. The van der Waals surface area contributed by atoms with Gasteiger partial charge in [-0.15, -0.1) is 0 Å². The fourth-order valence-electron chi connectivity index (χ4n) is 4.54. The molecule has 1 heterocycles. The van der Waals surface area contributed by atoms with Crippen molar-refractivity contribution in [2.24, 2.45) is 5.92 Å². The predicted octanol–water partition coefficient (Wildman–Crippen LogP) is 3.71. The molecule has 1 saturated heterocycles. The zero-order valence-electron chi connectivity index (χ0n) is 17.9. The smallest absolute Gasteiger partial charge is 0.261 e. The number of amides is 1. The zero-order chi connectivity index (χ0) is 21.7. The minimum absolute atomic E-state index is 0.231. The number of sulfonamides is 1. The second-order valence-corrected chi connectivity index (χ2v) is 10.2. The van der Waals surface area contributed by atoms with Gasteiger partial charge >= 0.3 is 0 Å². The first-order valence-corrected chi connectivity index (χ1v) is 12.7. The van der Waals surface area contributed by atoms with Crippen LogP contribution < -0.4 is 4.72 Å². The minimum Gasteiger partial charge on any atom is -0.340 e. The Balaban J connectivity index is 1.32. The molecule has 1 N–H and O–H groups in total. The number of piperazine rings is 1. The normalized spacial score (nSPS) is 18.6. The van der Waals surface area contributed by atoms with Crippen molar-refractivity contribution in [1.82, 2.24) is 9.80 Å². The summed E-state index contributed by atoms with van der Waals surface area (Å²) >= 11 is 0. The highest BCUT2D eigenvalue weighted by molar-refractivity contribution is 7.92. The van der Waals surface area contributed by atoms with Gasteiger partial charge in [0.1, 0.15) is 0 Å². The SMILES string of the molecule is O=C(C1CCCCC1)N1CCN(Cc2cccc(NS(=O)(=O)c3ccccc3)c2)CC1. The number of anilines is 1. The van der Waals surface area contributed by atoms with Gasteiger partial charge in [0.05, 0.1) is 4.90 Å². The summed E-state index contributed by atoms with van der Waals surface area (Å²) in [7, 11) is -3.60. The summed E-state index contributed by atoms with van der Waals surface area (Å²) in [5.41, 5.74) is 1.62. The number of nitrogens with one attached hydrogen (secondary N) is 1. The van der Waals surface area contributed by atoms with Crippen LogP contribution in [-0.2, 0) is 21.4 Å². The van der Waals surface area contributed by atoms with Crippen molar-refractivity contribution < 1.29 is 13.2 Å². The van der Waals surface area contributed by atoms with Gasteiger partial charge in [0.25, 0.3) is 10.0 Å². The molecule has 6 nitrogen and oxygen atoms in total. The summed E-state index contributed by atoms with van der Waals surface area (Å²) < 4.78 is 27.8. The highest BCUT2D eigenvalue weighted by Crippen LogP contribution is 2.26. The number of hydrogen-bond acceptors (Lipinski definition) is 4. The third-order valence-electron chi connectivity index (χ3n) is 6.28. The van der Waals surface area contributed by atoms with Crippen LogP contribution in [0.15, 0.2) is 59.5 Å². The van der Waals surface area contributed by atoms with Crippen molar-refractivity contribution in [1.29, 1.82) is 0 Å². The molecule has 2 aliphatic rings. The number of hydrogen-bond donors (Lipinski definition) is 1. The van der Waals surface area contributed by atoms with Gasteiger partial charge < -0.3 is 4.90 Å². The van der Waals surface area contributed by atoms with Gasteiger partial charge in [-0.25, -0.2) is 8.42 Å². The lowest BCUT2D eigenvalue weighted by Gasteiger charge is -2.37. The highest BCUT2D eigenvalue weighted by Gasteiger charge is 2.28. The van der Waals surface area contributed by atoms with Crippen LogP contribution in [0.3, 0.4) is 0 Å². The van der Waals surface area contributed by atoms with Crippen molar-refractivity contribution in [3.8, 4) is 0 Å². The second kappa shape index (κ2) is 9.83. The largest absolute Gasteiger partial charge is 0.340 e. The quantitative estimate of drug-likeness (QED) is 0.742. The van der Waals surface area contributed by atoms with Crippen molar-refractivity contribution in [3.05, 3.63) is 60.2 Å². The van der Waals surface area contributed by atoms with E-state index in [1.165, 1.54) is 19.3 Å². The molecule has 7 heteroatoms. The molecule has 2 aromatic rings. The maximum absolute atomic E-state index is 12.8. The molecule has 2 fully saturated rings. The molecule has 0 aromatic heterocycles. The molecule has 166 valence electrons. The molecule has 0 spiro atoms. The summed E-state index contributed by atoms with van der Waals surface area (Å²) in [5, 5.41) is 0. The Bertz CT molecular complexity index is 980. The van der Waals surface area contributed by atoms with Gasteiger partial charge in [-0.1, -0.05) is 49.6 Å². The van der Waals surface area contributed by atoms with Crippen LogP contribution in [0.5, 0.6) is 0 Å². The molecule has 0 unspecified atom stereocenters. The van der Waals surface area contributed by atoms with Crippen LogP contribution in [0.2, 0.25) is 0 Å². The fourth-order valence-corrected chi connectivity index (χ4v) is 5.61. The predicted molar refractivity (Wildman–Crippen MR) is 122 cm³/mol. The molecule has 0 radical (unpaired) electrons. The lowest BCUT2D eigenvalue weighted by molar-refractivity contribution is -0.138. The van der Waals surface area contributed by atoms with E-state index in [1.807, 2.05) is 23.1 Å². The van der Waals surface area contributed by atoms with Crippen molar-refractivity contribution in [3.63, 3.8) is 0 Å². The third-order valence-corrected chi connectivity index (χ3v) is 7.67. The molecule has 0 bridgehead atoms. The number of nitrogens with zero attached hydrogens (tertiary/aromatic N) is 2. The van der Waals surface area contributed by atoms with E-state index in [4.69, 9.17) is 0 Å². The van der Waals surface area contributed by atoms with E-state index in [-0.39, 0.29) is 10.8 Å². The summed E-state index contributed by atoms with van der Waals surface area (Å²) in [6.45, 7) is 3.98. The van der Waals surface area contributed by atoms with E-state index in [0.717, 1.165) is 51.1 Å². The molecule has 31 heavy (non-hydrogen) atoms. The van der Waals surface area contributed by atoms with Crippen LogP contribution >= 0.6 is 0 Å². The van der Waals surface area contributed by atoms with Gasteiger partial charge in [-0.2, -0.15) is 0 Å². The Morgan fingerprint density at radius 1 is 0.903 bits per heavy atom.